The first-order valence-corrected chi connectivity index (χ1v) is 2.22. The van der Waals surface area contributed by atoms with Crippen molar-refractivity contribution in [2.45, 2.75) is 13.8 Å². The van der Waals surface area contributed by atoms with E-state index in [2.05, 4.69) is 9.24 Å². The van der Waals surface area contributed by atoms with Gasteiger partial charge in [0, 0.05) is 1.37 Å². The molecule has 0 aliphatic rings. The lowest BCUT2D eigenvalue weighted by Gasteiger charge is -1.10. The molecule has 0 spiro atoms. The Labute approximate surface area is 32.2 Å². The molecular formula is C3H11P. The molecule has 0 saturated carbocycles. The monoisotopic (exact) mass is 80.1 g/mol. The van der Waals surface area contributed by atoms with E-state index in [9.17, 15) is 0 Å². The molecule has 0 nitrogen and oxygen atoms in total. The average molecular weight is 80.1 g/mol. The van der Waals surface area contributed by atoms with Crippen molar-refractivity contribution >= 4 is 9.24 Å². The zero-order valence-electron chi connectivity index (χ0n) is 4.28. The van der Waals surface area contributed by atoms with Gasteiger partial charge in [0.05, 0.1) is 0 Å². The Balaban J connectivity index is 0. The van der Waals surface area contributed by atoms with Crippen LogP contribution in [0, 0.1) is 0 Å². The maximum absolute atomic E-state index is 6.17. The SMILES string of the molecule is CC.[3H]CP. The van der Waals surface area contributed by atoms with Crippen LogP contribution in [0.5, 0.6) is 0 Å². The third-order valence-electron chi connectivity index (χ3n) is 0. The maximum Gasteiger partial charge on any atom is 0.0274 e. The van der Waals surface area contributed by atoms with Crippen molar-refractivity contribution in [2.75, 3.05) is 6.64 Å². The Kier molecular flexibility index (Phi) is 121. The van der Waals surface area contributed by atoms with Gasteiger partial charge in [-0.25, -0.2) is 0 Å². The summed E-state index contributed by atoms with van der Waals surface area (Å²) < 4.78 is 6.17. The molecule has 0 N–H and O–H groups in total. The molecule has 0 rings (SSSR count). The van der Waals surface area contributed by atoms with Crippen LogP contribution >= 0.6 is 9.24 Å². The zero-order valence-corrected chi connectivity index (χ0v) is 4.44. The van der Waals surface area contributed by atoms with Gasteiger partial charge in [-0.05, 0) is 0 Å². The molecule has 0 aromatic heterocycles. The molecule has 0 aliphatic carbocycles. The Bertz CT molecular complexity index is 6.85. The molecule has 0 heterocycles. The molecule has 0 saturated heterocycles. The van der Waals surface area contributed by atoms with Crippen LogP contribution in [0.25, 0.3) is 0 Å². The molecule has 0 aromatic rings. The second-order valence-electron chi connectivity index (χ2n) is 0. The molecule has 0 fully saturated rings. The third kappa shape index (κ3) is 26.9. The van der Waals surface area contributed by atoms with Crippen LogP contribution in [-0.2, 0) is 0 Å². The van der Waals surface area contributed by atoms with Gasteiger partial charge in [-0.1, -0.05) is 20.5 Å². The molecule has 0 radical (unpaired) electrons. The van der Waals surface area contributed by atoms with Crippen molar-refractivity contribution in [3.05, 3.63) is 0 Å². The van der Waals surface area contributed by atoms with Crippen molar-refractivity contribution in [3.63, 3.8) is 0 Å². The topological polar surface area (TPSA) is 0 Å². The lowest BCUT2D eigenvalue weighted by Crippen LogP contribution is -0.856. The van der Waals surface area contributed by atoms with Crippen molar-refractivity contribution in [3.8, 4) is 0 Å². The molecule has 28 valence electrons. The van der Waals surface area contributed by atoms with Crippen LogP contribution in [0.1, 0.15) is 15.2 Å². The summed E-state index contributed by atoms with van der Waals surface area (Å²) in [5, 5.41) is 0. The molecule has 0 bridgehead atoms. The lowest BCUT2D eigenvalue weighted by molar-refractivity contribution is 1.50. The minimum Gasteiger partial charge on any atom is -0.141 e. The Hall–Kier alpha value is 0.430. The van der Waals surface area contributed by atoms with Crippen molar-refractivity contribution in [1.82, 2.24) is 0 Å². The third-order valence-corrected chi connectivity index (χ3v) is 0. The quantitative estimate of drug-likeness (QED) is 0.387. The zero-order chi connectivity index (χ0) is 4.71. The highest BCUT2D eigenvalue weighted by atomic mass is 31.0. The van der Waals surface area contributed by atoms with Crippen LogP contribution in [0.15, 0.2) is 0 Å². The van der Waals surface area contributed by atoms with Gasteiger partial charge in [-0.2, -0.15) is 0 Å². The highest BCUT2D eigenvalue weighted by Crippen LogP contribution is 1.46. The van der Waals surface area contributed by atoms with E-state index in [1.807, 2.05) is 13.8 Å². The molecule has 0 aliphatic heterocycles. The van der Waals surface area contributed by atoms with Crippen molar-refractivity contribution < 1.29 is 1.37 Å². The van der Waals surface area contributed by atoms with E-state index in [1.165, 1.54) is 0 Å². The average Bonchev–Trinajstić information content (AvgIpc) is 1.46. The number of hydrogen-bond acceptors (Lipinski definition) is 0. The normalized spacial score (nSPS) is 6.25. The van der Waals surface area contributed by atoms with Gasteiger partial charge in [0.25, 0.3) is 0 Å². The summed E-state index contributed by atoms with van der Waals surface area (Å²) in [7, 11) is 2.25. The summed E-state index contributed by atoms with van der Waals surface area (Å²) in [6.45, 7) is 4.42. The smallest absolute Gasteiger partial charge is 0.0274 e. The maximum atomic E-state index is 6.17. The summed E-state index contributed by atoms with van der Waals surface area (Å²) in [6, 6.07) is 0. The van der Waals surface area contributed by atoms with Crippen LogP contribution in [0.3, 0.4) is 0 Å². The molecule has 1 unspecified atom stereocenters. The first kappa shape index (κ1) is 4.43. The summed E-state index contributed by atoms with van der Waals surface area (Å²) in [5.74, 6) is 0. The van der Waals surface area contributed by atoms with Crippen molar-refractivity contribution in [1.29, 1.82) is 0 Å². The fourth-order valence-corrected chi connectivity index (χ4v) is 0. The van der Waals surface area contributed by atoms with Gasteiger partial charge in [-0.15, -0.1) is 9.24 Å². The molecule has 4 heavy (non-hydrogen) atoms. The van der Waals surface area contributed by atoms with Gasteiger partial charge in [-0.3, -0.25) is 0 Å². The van der Waals surface area contributed by atoms with Crippen LogP contribution in [-0.4, -0.2) is 6.64 Å². The van der Waals surface area contributed by atoms with Crippen LogP contribution in [0.2, 0.25) is 0 Å². The van der Waals surface area contributed by atoms with E-state index >= 15 is 0 Å². The first-order chi connectivity index (χ1) is 2.41. The van der Waals surface area contributed by atoms with Crippen molar-refractivity contribution in [2.24, 2.45) is 0 Å². The lowest BCUT2D eigenvalue weighted by atomic mass is 11.0. The van der Waals surface area contributed by atoms with E-state index in [4.69, 9.17) is 1.37 Å². The minimum absolute atomic E-state index is 0.417. The molecule has 0 aromatic carbocycles. The fourth-order valence-electron chi connectivity index (χ4n) is 0. The second kappa shape index (κ2) is 110. The standard InChI is InChI=1S/C2H6.CH5P/c2*1-2/h1-2H3;2H2,1H3/i;1T. The first-order valence-electron chi connectivity index (χ1n) is 2.12. The summed E-state index contributed by atoms with van der Waals surface area (Å²) in [4.78, 5) is 0. The largest absolute Gasteiger partial charge is 0.141 e. The van der Waals surface area contributed by atoms with E-state index in [0.717, 1.165) is 0 Å². The fraction of sp³-hybridized carbons (Fsp3) is 1.00. The Morgan fingerprint density at radius 2 is 1.75 bits per heavy atom. The predicted octanol–water partition coefficient (Wildman–Crippen LogP) is 1.52. The van der Waals surface area contributed by atoms with Gasteiger partial charge >= 0.3 is 0 Å². The van der Waals surface area contributed by atoms with Gasteiger partial charge in [0.15, 0.2) is 0 Å². The number of hydrogen-bond donors (Lipinski definition) is 0. The molecular weight excluding hydrogens is 67.0 g/mol. The Morgan fingerprint density at radius 1 is 1.75 bits per heavy atom. The van der Waals surface area contributed by atoms with E-state index in [1.54, 1.807) is 0 Å². The molecule has 1 heteroatoms. The van der Waals surface area contributed by atoms with Gasteiger partial charge in [0.2, 0.25) is 0 Å². The minimum atomic E-state index is 0.417. The second-order valence-corrected chi connectivity index (χ2v) is 0. The summed E-state index contributed by atoms with van der Waals surface area (Å²) >= 11 is 0. The summed E-state index contributed by atoms with van der Waals surface area (Å²) in [6.07, 6.45) is 0. The van der Waals surface area contributed by atoms with Crippen LogP contribution in [0.4, 0.5) is 0 Å². The van der Waals surface area contributed by atoms with Gasteiger partial charge < -0.3 is 0 Å². The van der Waals surface area contributed by atoms with E-state index in [0.29, 0.717) is 6.64 Å². The highest BCUT2D eigenvalue weighted by Gasteiger charge is 0.932. The predicted molar refractivity (Wildman–Crippen MR) is 27.0 cm³/mol. The molecule has 1 atom stereocenters. The number of rotatable bonds is 0. The van der Waals surface area contributed by atoms with Gasteiger partial charge in [0.1, 0.15) is 0 Å². The summed E-state index contributed by atoms with van der Waals surface area (Å²) in [5.41, 5.74) is 0. The highest BCUT2D eigenvalue weighted by molar-refractivity contribution is 7.15. The van der Waals surface area contributed by atoms with Crippen LogP contribution < -0.4 is 0 Å². The van der Waals surface area contributed by atoms with E-state index < -0.39 is 0 Å². The Morgan fingerprint density at radius 3 is 1.75 bits per heavy atom. The van der Waals surface area contributed by atoms with E-state index in [-0.39, 0.29) is 0 Å². The molecule has 0 amide bonds.